The van der Waals surface area contributed by atoms with Crippen molar-refractivity contribution in [1.82, 2.24) is 0 Å². The highest BCUT2D eigenvalue weighted by molar-refractivity contribution is 6.46. The topological polar surface area (TPSA) is 61.9 Å². The van der Waals surface area contributed by atoms with E-state index in [9.17, 15) is 22.8 Å². The number of imide groups is 1. The van der Waals surface area contributed by atoms with Gasteiger partial charge in [0.25, 0.3) is 11.8 Å². The first-order valence-corrected chi connectivity index (χ1v) is 10.2. The largest absolute Gasteiger partial charge is 0.573 e. The first kappa shape index (κ1) is 22.9. The Labute approximate surface area is 193 Å². The summed E-state index contributed by atoms with van der Waals surface area (Å²) in [5.74, 6) is -1.66. The van der Waals surface area contributed by atoms with Gasteiger partial charge in [0.1, 0.15) is 11.4 Å². The van der Waals surface area contributed by atoms with Crippen molar-refractivity contribution in [3.8, 4) is 5.75 Å². The minimum atomic E-state index is -4.85. The number of amides is 2. The molecule has 0 saturated carbocycles. The number of carbonyl (C=O) groups is 2. The number of hydrogen-bond acceptors (Lipinski definition) is 5. The van der Waals surface area contributed by atoms with Crippen LogP contribution in [0.5, 0.6) is 5.75 Å². The molecule has 174 valence electrons. The lowest BCUT2D eigenvalue weighted by molar-refractivity contribution is -0.274. The van der Waals surface area contributed by atoms with E-state index in [2.05, 4.69) is 10.1 Å². The molecule has 0 saturated heterocycles. The SMILES string of the molecule is CN(C)c1ccc(NC2=C(c3ccccc3)C(=O)N(c3ccc(OC(F)(F)F)cc3)C2=O)cc1. The van der Waals surface area contributed by atoms with E-state index >= 15 is 0 Å². The van der Waals surface area contributed by atoms with Gasteiger partial charge in [-0.25, -0.2) is 4.90 Å². The van der Waals surface area contributed by atoms with Gasteiger partial charge in [0.05, 0.1) is 11.3 Å². The lowest BCUT2D eigenvalue weighted by Crippen LogP contribution is -2.32. The minimum Gasteiger partial charge on any atom is -0.406 e. The average Bonchev–Trinajstić information content (AvgIpc) is 3.03. The lowest BCUT2D eigenvalue weighted by Gasteiger charge is -2.17. The van der Waals surface area contributed by atoms with Gasteiger partial charge in [0.2, 0.25) is 0 Å². The Bertz CT molecular complexity index is 1240. The first-order valence-electron chi connectivity index (χ1n) is 10.2. The summed E-state index contributed by atoms with van der Waals surface area (Å²) in [4.78, 5) is 29.6. The second-order valence-corrected chi connectivity index (χ2v) is 7.67. The quantitative estimate of drug-likeness (QED) is 0.515. The second-order valence-electron chi connectivity index (χ2n) is 7.67. The number of ether oxygens (including phenoxy) is 1. The maximum absolute atomic E-state index is 13.4. The molecule has 9 heteroatoms. The van der Waals surface area contributed by atoms with Crippen molar-refractivity contribution in [3.05, 3.63) is 90.1 Å². The normalized spacial score (nSPS) is 14.0. The van der Waals surface area contributed by atoms with Crippen LogP contribution in [0.2, 0.25) is 0 Å². The van der Waals surface area contributed by atoms with Crippen molar-refractivity contribution in [1.29, 1.82) is 0 Å². The highest BCUT2D eigenvalue weighted by Gasteiger charge is 2.40. The van der Waals surface area contributed by atoms with Crippen LogP contribution in [0.15, 0.2) is 84.6 Å². The monoisotopic (exact) mass is 467 g/mol. The molecule has 0 atom stereocenters. The van der Waals surface area contributed by atoms with Gasteiger partial charge in [-0.2, -0.15) is 0 Å². The summed E-state index contributed by atoms with van der Waals surface area (Å²) >= 11 is 0. The molecule has 1 heterocycles. The molecule has 6 nitrogen and oxygen atoms in total. The predicted octanol–water partition coefficient (Wildman–Crippen LogP) is 5.05. The summed E-state index contributed by atoms with van der Waals surface area (Å²) < 4.78 is 41.3. The first-order chi connectivity index (χ1) is 16.1. The van der Waals surface area contributed by atoms with Crippen LogP contribution in [0.3, 0.4) is 0 Å². The smallest absolute Gasteiger partial charge is 0.406 e. The summed E-state index contributed by atoms with van der Waals surface area (Å²) in [6, 6.07) is 20.6. The van der Waals surface area contributed by atoms with E-state index in [1.165, 1.54) is 12.1 Å². The number of anilines is 3. The Morgan fingerprint density at radius 2 is 1.44 bits per heavy atom. The van der Waals surface area contributed by atoms with Gasteiger partial charge in [-0.15, -0.1) is 13.2 Å². The zero-order valence-electron chi connectivity index (χ0n) is 18.3. The second kappa shape index (κ2) is 8.93. The molecule has 34 heavy (non-hydrogen) atoms. The Morgan fingerprint density at radius 3 is 2.00 bits per heavy atom. The average molecular weight is 467 g/mol. The zero-order chi connectivity index (χ0) is 24.5. The van der Waals surface area contributed by atoms with Crippen LogP contribution in [-0.4, -0.2) is 32.3 Å². The van der Waals surface area contributed by atoms with Crippen LogP contribution < -0.4 is 19.9 Å². The van der Waals surface area contributed by atoms with E-state index in [1.54, 1.807) is 42.5 Å². The standard InChI is InChI=1S/C25H20F3N3O3/c1-30(2)18-10-8-17(9-11-18)29-22-21(16-6-4-3-5-7-16)23(32)31(24(22)33)19-12-14-20(15-13-19)34-25(26,27)28/h3-15,29H,1-2H3. The van der Waals surface area contributed by atoms with Gasteiger partial charge < -0.3 is 15.0 Å². The molecule has 4 rings (SSSR count). The molecule has 0 aromatic heterocycles. The van der Waals surface area contributed by atoms with E-state index in [1.807, 2.05) is 31.1 Å². The minimum absolute atomic E-state index is 0.0735. The molecule has 3 aromatic rings. The predicted molar refractivity (Wildman–Crippen MR) is 123 cm³/mol. The van der Waals surface area contributed by atoms with Crippen LogP contribution in [-0.2, 0) is 9.59 Å². The third-order valence-electron chi connectivity index (χ3n) is 5.13. The van der Waals surface area contributed by atoms with Gasteiger partial charge in [-0.1, -0.05) is 30.3 Å². The number of benzene rings is 3. The fourth-order valence-electron chi connectivity index (χ4n) is 3.54. The van der Waals surface area contributed by atoms with Gasteiger partial charge in [0.15, 0.2) is 0 Å². The summed E-state index contributed by atoms with van der Waals surface area (Å²) in [5.41, 5.74) is 2.46. The maximum atomic E-state index is 13.4. The highest BCUT2D eigenvalue weighted by Crippen LogP contribution is 2.35. The van der Waals surface area contributed by atoms with Crippen molar-refractivity contribution in [2.75, 3.05) is 29.2 Å². The number of alkyl halides is 3. The van der Waals surface area contributed by atoms with Crippen LogP contribution in [0.4, 0.5) is 30.2 Å². The molecule has 0 unspecified atom stereocenters. The van der Waals surface area contributed by atoms with Crippen molar-refractivity contribution >= 4 is 34.4 Å². The number of rotatable bonds is 6. The molecule has 1 aliphatic rings. The third-order valence-corrected chi connectivity index (χ3v) is 5.13. The fourth-order valence-corrected chi connectivity index (χ4v) is 3.54. The Balaban J connectivity index is 1.69. The van der Waals surface area contributed by atoms with Crippen LogP contribution in [0.25, 0.3) is 5.57 Å². The molecule has 1 aliphatic heterocycles. The summed E-state index contributed by atoms with van der Waals surface area (Å²) in [6.07, 6.45) is -4.85. The molecule has 0 bridgehead atoms. The molecule has 0 spiro atoms. The summed E-state index contributed by atoms with van der Waals surface area (Å²) in [6.45, 7) is 0. The fraction of sp³-hybridized carbons (Fsp3) is 0.120. The van der Waals surface area contributed by atoms with E-state index in [-0.39, 0.29) is 17.0 Å². The van der Waals surface area contributed by atoms with Gasteiger partial charge in [-0.05, 0) is 54.1 Å². The van der Waals surface area contributed by atoms with Crippen molar-refractivity contribution < 1.29 is 27.5 Å². The molecule has 0 radical (unpaired) electrons. The number of halogens is 3. The maximum Gasteiger partial charge on any atom is 0.573 e. The molecule has 3 aromatic carbocycles. The van der Waals surface area contributed by atoms with Crippen molar-refractivity contribution in [2.24, 2.45) is 0 Å². The Hall–Kier alpha value is -4.27. The Morgan fingerprint density at radius 1 is 0.824 bits per heavy atom. The molecule has 2 amide bonds. The van der Waals surface area contributed by atoms with E-state index in [0.717, 1.165) is 22.7 Å². The summed E-state index contributed by atoms with van der Waals surface area (Å²) in [5, 5.41) is 3.05. The van der Waals surface area contributed by atoms with E-state index < -0.39 is 23.9 Å². The molecular formula is C25H20F3N3O3. The summed E-state index contributed by atoms with van der Waals surface area (Å²) in [7, 11) is 3.81. The van der Waals surface area contributed by atoms with Gasteiger partial charge >= 0.3 is 6.36 Å². The van der Waals surface area contributed by atoms with Crippen LogP contribution >= 0.6 is 0 Å². The van der Waals surface area contributed by atoms with Gasteiger partial charge in [0, 0.05) is 25.5 Å². The zero-order valence-corrected chi connectivity index (χ0v) is 18.3. The number of hydrogen-bond donors (Lipinski definition) is 1. The highest BCUT2D eigenvalue weighted by atomic mass is 19.4. The number of nitrogens with one attached hydrogen (secondary N) is 1. The number of nitrogens with zero attached hydrogens (tertiary/aromatic N) is 2. The molecular weight excluding hydrogens is 447 g/mol. The van der Waals surface area contributed by atoms with Crippen LogP contribution in [0.1, 0.15) is 5.56 Å². The number of carbonyl (C=O) groups excluding carboxylic acids is 2. The molecule has 1 N–H and O–H groups in total. The van der Waals surface area contributed by atoms with Crippen LogP contribution in [0, 0.1) is 0 Å². The van der Waals surface area contributed by atoms with Crippen molar-refractivity contribution in [3.63, 3.8) is 0 Å². The molecule has 0 aliphatic carbocycles. The lowest BCUT2D eigenvalue weighted by atomic mass is 10.0. The molecule has 0 fully saturated rings. The van der Waals surface area contributed by atoms with Gasteiger partial charge in [-0.3, -0.25) is 9.59 Å². The van der Waals surface area contributed by atoms with Crippen molar-refractivity contribution in [2.45, 2.75) is 6.36 Å². The van der Waals surface area contributed by atoms with E-state index in [4.69, 9.17) is 0 Å². The van der Waals surface area contributed by atoms with E-state index in [0.29, 0.717) is 11.3 Å². The third kappa shape index (κ3) is 4.73. The Kier molecular flexibility index (Phi) is 6.02.